The molecule has 1 aromatic rings. The smallest absolute Gasteiger partial charge is 0.260 e. The molecule has 2 bridgehead atoms. The Labute approximate surface area is 174 Å². The lowest BCUT2D eigenvalue weighted by molar-refractivity contribution is -0.157. The lowest BCUT2D eigenvalue weighted by Gasteiger charge is -2.56. The van der Waals surface area contributed by atoms with E-state index in [4.69, 9.17) is 4.74 Å². The standard InChI is InChI=1S/C24H34N2O3/c1-17(2)11-12-22-19-13-18(21-9-6-10-23(27)26(21)22)14-25(15-19)24(28)16-29-20-7-4-3-5-8-20/h3-5,7-8,17-19,21-22H,6,9-16H2,1-2H3/t18-,19+,21+,22+/m1/s1. The third kappa shape index (κ3) is 4.44. The number of hydrogen-bond acceptors (Lipinski definition) is 3. The van der Waals surface area contributed by atoms with Crippen molar-refractivity contribution >= 4 is 11.8 Å². The molecule has 0 N–H and O–H groups in total. The fourth-order valence-corrected chi connectivity index (χ4v) is 5.61. The van der Waals surface area contributed by atoms with Crippen LogP contribution in [0.3, 0.4) is 0 Å². The lowest BCUT2D eigenvalue weighted by atomic mass is 9.70. The van der Waals surface area contributed by atoms with Gasteiger partial charge in [0.05, 0.1) is 0 Å². The van der Waals surface area contributed by atoms with Crippen LogP contribution < -0.4 is 4.74 Å². The lowest BCUT2D eigenvalue weighted by Crippen LogP contribution is -2.65. The van der Waals surface area contributed by atoms with E-state index < -0.39 is 0 Å². The molecule has 0 aromatic heterocycles. The molecule has 3 aliphatic rings. The first-order valence-corrected chi connectivity index (χ1v) is 11.3. The molecule has 1 aromatic carbocycles. The molecule has 29 heavy (non-hydrogen) atoms. The number of fused-ring (bicyclic) bond motifs is 4. The van der Waals surface area contributed by atoms with Crippen LogP contribution in [0.4, 0.5) is 0 Å². The Bertz CT molecular complexity index is 720. The van der Waals surface area contributed by atoms with Gasteiger partial charge in [-0.05, 0) is 62.0 Å². The maximum Gasteiger partial charge on any atom is 0.260 e. The third-order valence-corrected chi connectivity index (χ3v) is 6.99. The van der Waals surface area contributed by atoms with E-state index in [0.717, 1.165) is 50.9 Å². The summed E-state index contributed by atoms with van der Waals surface area (Å²) < 4.78 is 5.72. The summed E-state index contributed by atoms with van der Waals surface area (Å²) in [6.45, 7) is 6.11. The van der Waals surface area contributed by atoms with Crippen LogP contribution >= 0.6 is 0 Å². The van der Waals surface area contributed by atoms with Crippen molar-refractivity contribution in [2.24, 2.45) is 17.8 Å². The van der Waals surface area contributed by atoms with E-state index >= 15 is 0 Å². The highest BCUT2D eigenvalue weighted by molar-refractivity contribution is 5.79. The number of para-hydroxylation sites is 1. The second-order valence-corrected chi connectivity index (χ2v) is 9.46. The molecule has 4 rings (SSSR count). The largest absolute Gasteiger partial charge is 0.484 e. The summed E-state index contributed by atoms with van der Waals surface area (Å²) in [5.74, 6) is 2.59. The number of carbonyl (C=O) groups is 2. The summed E-state index contributed by atoms with van der Waals surface area (Å²) in [6, 6.07) is 10.1. The van der Waals surface area contributed by atoms with Gasteiger partial charge in [-0.15, -0.1) is 0 Å². The monoisotopic (exact) mass is 398 g/mol. The van der Waals surface area contributed by atoms with Crippen LogP contribution in [-0.4, -0.2) is 53.4 Å². The zero-order chi connectivity index (χ0) is 20.4. The number of ether oxygens (including phenoxy) is 1. The van der Waals surface area contributed by atoms with Crippen molar-refractivity contribution in [2.45, 2.75) is 64.5 Å². The predicted octanol–water partition coefficient (Wildman–Crippen LogP) is 3.73. The van der Waals surface area contributed by atoms with Gasteiger partial charge in [0.15, 0.2) is 6.61 Å². The number of hydrogen-bond donors (Lipinski definition) is 0. The maximum absolute atomic E-state index is 12.9. The summed E-state index contributed by atoms with van der Waals surface area (Å²) in [5.41, 5.74) is 0. The summed E-state index contributed by atoms with van der Waals surface area (Å²) in [6.07, 6.45) is 6.11. The molecular formula is C24H34N2O3. The molecular weight excluding hydrogens is 364 g/mol. The van der Waals surface area contributed by atoms with Crippen LogP contribution in [0.5, 0.6) is 5.75 Å². The Morgan fingerprint density at radius 3 is 2.69 bits per heavy atom. The Balaban J connectivity index is 1.46. The highest BCUT2D eigenvalue weighted by Crippen LogP contribution is 2.43. The highest BCUT2D eigenvalue weighted by atomic mass is 16.5. The molecule has 3 fully saturated rings. The Hall–Kier alpha value is -2.04. The highest BCUT2D eigenvalue weighted by Gasteiger charge is 2.49. The molecule has 4 atom stereocenters. The number of likely N-dealkylation sites (tertiary alicyclic amines) is 1. The second-order valence-electron chi connectivity index (χ2n) is 9.46. The zero-order valence-electron chi connectivity index (χ0n) is 17.8. The number of nitrogens with zero attached hydrogens (tertiary/aromatic N) is 2. The molecule has 3 heterocycles. The number of carbonyl (C=O) groups excluding carboxylic acids is 2. The Morgan fingerprint density at radius 2 is 1.93 bits per heavy atom. The number of amides is 2. The molecule has 5 heteroatoms. The van der Waals surface area contributed by atoms with E-state index in [1.54, 1.807) is 0 Å². The van der Waals surface area contributed by atoms with Crippen molar-refractivity contribution in [1.82, 2.24) is 9.80 Å². The van der Waals surface area contributed by atoms with Crippen molar-refractivity contribution in [3.63, 3.8) is 0 Å². The first kappa shape index (κ1) is 20.2. The van der Waals surface area contributed by atoms with Gasteiger partial charge in [-0.3, -0.25) is 9.59 Å². The topological polar surface area (TPSA) is 49.9 Å². The second kappa shape index (κ2) is 8.76. The fraction of sp³-hybridized carbons (Fsp3) is 0.667. The molecule has 3 aliphatic heterocycles. The van der Waals surface area contributed by atoms with Gasteiger partial charge in [0.1, 0.15) is 5.75 Å². The average Bonchev–Trinajstić information content (AvgIpc) is 2.73. The van der Waals surface area contributed by atoms with Crippen LogP contribution in [0.25, 0.3) is 0 Å². The number of piperidine rings is 3. The SMILES string of the molecule is CC(C)CC[C@H]1[C@H]2C[C@H](CN(C(=O)COc3ccccc3)C2)[C@@H]2CCCC(=O)N21. The van der Waals surface area contributed by atoms with E-state index in [0.29, 0.717) is 36.1 Å². The van der Waals surface area contributed by atoms with Crippen LogP contribution in [0, 0.1) is 17.8 Å². The molecule has 3 saturated heterocycles. The quantitative estimate of drug-likeness (QED) is 0.734. The minimum absolute atomic E-state index is 0.0711. The minimum Gasteiger partial charge on any atom is -0.484 e. The maximum atomic E-state index is 12.9. The van der Waals surface area contributed by atoms with E-state index in [9.17, 15) is 9.59 Å². The minimum atomic E-state index is 0.0711. The molecule has 0 saturated carbocycles. The molecule has 2 amide bonds. The summed E-state index contributed by atoms with van der Waals surface area (Å²) >= 11 is 0. The summed E-state index contributed by atoms with van der Waals surface area (Å²) in [4.78, 5) is 30.0. The van der Waals surface area contributed by atoms with Crippen LogP contribution in [0.15, 0.2) is 30.3 Å². The summed E-state index contributed by atoms with van der Waals surface area (Å²) in [5, 5.41) is 0. The van der Waals surface area contributed by atoms with Gasteiger partial charge in [0.25, 0.3) is 5.91 Å². The van der Waals surface area contributed by atoms with Crippen molar-refractivity contribution in [3.05, 3.63) is 30.3 Å². The van der Waals surface area contributed by atoms with Crippen molar-refractivity contribution < 1.29 is 14.3 Å². The van der Waals surface area contributed by atoms with E-state index in [-0.39, 0.29) is 18.6 Å². The van der Waals surface area contributed by atoms with Crippen molar-refractivity contribution in [3.8, 4) is 5.75 Å². The van der Waals surface area contributed by atoms with Gasteiger partial charge in [-0.1, -0.05) is 32.0 Å². The predicted molar refractivity (Wildman–Crippen MR) is 112 cm³/mol. The van der Waals surface area contributed by atoms with Gasteiger partial charge in [-0.25, -0.2) is 0 Å². The first-order valence-electron chi connectivity index (χ1n) is 11.3. The third-order valence-electron chi connectivity index (χ3n) is 6.99. The van der Waals surface area contributed by atoms with Crippen LogP contribution in [0.1, 0.15) is 52.4 Å². The van der Waals surface area contributed by atoms with Crippen molar-refractivity contribution in [1.29, 1.82) is 0 Å². The van der Waals surface area contributed by atoms with E-state index in [2.05, 4.69) is 18.7 Å². The Morgan fingerprint density at radius 1 is 1.17 bits per heavy atom. The molecule has 0 spiro atoms. The molecule has 0 radical (unpaired) electrons. The van der Waals surface area contributed by atoms with Crippen LogP contribution in [0.2, 0.25) is 0 Å². The fourth-order valence-electron chi connectivity index (χ4n) is 5.61. The molecule has 5 nitrogen and oxygen atoms in total. The normalized spacial score (nSPS) is 29.0. The average molecular weight is 399 g/mol. The van der Waals surface area contributed by atoms with Crippen LogP contribution in [-0.2, 0) is 9.59 Å². The molecule has 158 valence electrons. The zero-order valence-corrected chi connectivity index (χ0v) is 17.8. The Kier molecular flexibility index (Phi) is 6.12. The molecule has 0 unspecified atom stereocenters. The number of rotatable bonds is 6. The molecule has 0 aliphatic carbocycles. The van der Waals surface area contributed by atoms with Crippen molar-refractivity contribution in [2.75, 3.05) is 19.7 Å². The van der Waals surface area contributed by atoms with Gasteiger partial charge in [-0.2, -0.15) is 0 Å². The van der Waals surface area contributed by atoms with E-state index in [1.807, 2.05) is 35.2 Å². The number of benzene rings is 1. The summed E-state index contributed by atoms with van der Waals surface area (Å²) in [7, 11) is 0. The van der Waals surface area contributed by atoms with Gasteiger partial charge in [0.2, 0.25) is 5.91 Å². The van der Waals surface area contributed by atoms with E-state index in [1.165, 1.54) is 0 Å². The van der Waals surface area contributed by atoms with Gasteiger partial charge >= 0.3 is 0 Å². The van der Waals surface area contributed by atoms with Gasteiger partial charge < -0.3 is 14.5 Å². The first-order chi connectivity index (χ1) is 14.0. The van der Waals surface area contributed by atoms with Gasteiger partial charge in [0, 0.05) is 31.6 Å².